The highest BCUT2D eigenvalue weighted by Crippen LogP contribution is 2.32. The van der Waals surface area contributed by atoms with E-state index in [-0.39, 0.29) is 11.4 Å². The SMILES string of the molecule is CC(OC(=O)Nc1c(C#N)cnn1-c1ccccc1-c1ccc(C(C)(C)C(=O)O)cc1)c1ccccc1. The zero-order valence-electron chi connectivity index (χ0n) is 20.7. The minimum Gasteiger partial charge on any atom is -0.481 e. The summed E-state index contributed by atoms with van der Waals surface area (Å²) in [4.78, 5) is 24.4. The summed E-state index contributed by atoms with van der Waals surface area (Å²) < 4.78 is 7.01. The molecule has 0 bridgehead atoms. The second-order valence-electron chi connectivity index (χ2n) is 9.04. The van der Waals surface area contributed by atoms with Crippen LogP contribution in [0.4, 0.5) is 10.6 Å². The average molecular weight is 495 g/mol. The van der Waals surface area contributed by atoms with E-state index in [1.807, 2.05) is 66.7 Å². The van der Waals surface area contributed by atoms with Crippen molar-refractivity contribution in [1.29, 1.82) is 5.26 Å². The van der Waals surface area contributed by atoms with Gasteiger partial charge in [-0.15, -0.1) is 0 Å². The van der Waals surface area contributed by atoms with Gasteiger partial charge in [0.05, 0.1) is 17.3 Å². The summed E-state index contributed by atoms with van der Waals surface area (Å²) in [5.74, 6) is -0.728. The summed E-state index contributed by atoms with van der Waals surface area (Å²) >= 11 is 0. The third-order valence-corrected chi connectivity index (χ3v) is 6.25. The molecule has 0 fully saturated rings. The number of anilines is 1. The number of carbonyl (C=O) groups is 2. The number of hydrogen-bond donors (Lipinski definition) is 2. The Morgan fingerprint density at radius 3 is 2.32 bits per heavy atom. The highest BCUT2D eigenvalue weighted by Gasteiger charge is 2.29. The number of hydrogen-bond acceptors (Lipinski definition) is 5. The van der Waals surface area contributed by atoms with E-state index < -0.39 is 23.6 Å². The number of carboxylic acids is 1. The number of nitrogens with one attached hydrogen (secondary N) is 1. The van der Waals surface area contributed by atoms with E-state index in [1.165, 1.54) is 10.9 Å². The first-order valence-corrected chi connectivity index (χ1v) is 11.7. The van der Waals surface area contributed by atoms with Gasteiger partial charge < -0.3 is 9.84 Å². The van der Waals surface area contributed by atoms with E-state index in [0.29, 0.717) is 11.3 Å². The highest BCUT2D eigenvalue weighted by atomic mass is 16.6. The number of ether oxygens (including phenoxy) is 1. The van der Waals surface area contributed by atoms with Crippen LogP contribution in [0.25, 0.3) is 16.8 Å². The number of aromatic nitrogens is 2. The third-order valence-electron chi connectivity index (χ3n) is 6.25. The fraction of sp³-hybridized carbons (Fsp3) is 0.172. The molecule has 0 aliphatic rings. The van der Waals surface area contributed by atoms with Crippen LogP contribution < -0.4 is 5.32 Å². The zero-order chi connectivity index (χ0) is 26.6. The number of aliphatic carboxylic acids is 1. The van der Waals surface area contributed by atoms with Crippen molar-refractivity contribution < 1.29 is 19.4 Å². The van der Waals surface area contributed by atoms with Crippen LogP contribution in [0, 0.1) is 11.3 Å². The van der Waals surface area contributed by atoms with Crippen molar-refractivity contribution >= 4 is 17.9 Å². The maximum atomic E-state index is 12.8. The van der Waals surface area contributed by atoms with E-state index in [0.717, 1.165) is 16.7 Å². The quantitative estimate of drug-likeness (QED) is 0.321. The molecular formula is C29H26N4O4. The molecule has 8 heteroatoms. The molecule has 0 aliphatic heterocycles. The van der Waals surface area contributed by atoms with Crippen LogP contribution in [0.15, 0.2) is 85.1 Å². The van der Waals surface area contributed by atoms with Crippen molar-refractivity contribution in [2.45, 2.75) is 32.3 Å². The van der Waals surface area contributed by atoms with Crippen molar-refractivity contribution in [2.75, 3.05) is 5.32 Å². The second-order valence-corrected chi connectivity index (χ2v) is 9.04. The van der Waals surface area contributed by atoms with E-state index in [4.69, 9.17) is 4.74 Å². The lowest BCUT2D eigenvalue weighted by Crippen LogP contribution is -2.28. The second kappa shape index (κ2) is 10.4. The molecule has 0 radical (unpaired) electrons. The monoisotopic (exact) mass is 494 g/mol. The molecule has 4 rings (SSSR count). The first-order chi connectivity index (χ1) is 17.7. The Bertz CT molecular complexity index is 1470. The Labute approximate surface area is 214 Å². The smallest absolute Gasteiger partial charge is 0.413 e. The molecule has 8 nitrogen and oxygen atoms in total. The number of carboxylic acid groups (broad SMARTS) is 1. The molecule has 4 aromatic rings. The van der Waals surface area contributed by atoms with Crippen LogP contribution in [0.2, 0.25) is 0 Å². The van der Waals surface area contributed by atoms with Crippen LogP contribution in [0.3, 0.4) is 0 Å². The molecule has 0 saturated carbocycles. The van der Waals surface area contributed by atoms with E-state index in [9.17, 15) is 20.0 Å². The summed E-state index contributed by atoms with van der Waals surface area (Å²) in [7, 11) is 0. The molecule has 3 aromatic carbocycles. The van der Waals surface area contributed by atoms with Gasteiger partial charge in [-0.05, 0) is 43.5 Å². The van der Waals surface area contributed by atoms with Crippen molar-refractivity contribution in [3.8, 4) is 22.9 Å². The zero-order valence-corrected chi connectivity index (χ0v) is 20.7. The van der Waals surface area contributed by atoms with Gasteiger partial charge >= 0.3 is 12.1 Å². The number of rotatable bonds is 7. The van der Waals surface area contributed by atoms with E-state index in [1.54, 1.807) is 32.9 Å². The highest BCUT2D eigenvalue weighted by molar-refractivity contribution is 5.87. The maximum absolute atomic E-state index is 12.8. The Kier molecular flexibility index (Phi) is 7.07. The van der Waals surface area contributed by atoms with E-state index in [2.05, 4.69) is 16.5 Å². The molecule has 1 amide bonds. The normalized spacial score (nSPS) is 11.8. The van der Waals surface area contributed by atoms with Crippen LogP contribution in [-0.2, 0) is 14.9 Å². The third kappa shape index (κ3) is 5.21. The van der Waals surface area contributed by atoms with Gasteiger partial charge in [0.1, 0.15) is 17.7 Å². The molecule has 186 valence electrons. The van der Waals surface area contributed by atoms with E-state index >= 15 is 0 Å². The molecule has 1 aromatic heterocycles. The Balaban J connectivity index is 1.66. The predicted molar refractivity (Wildman–Crippen MR) is 139 cm³/mol. The molecule has 0 spiro atoms. The van der Waals surface area contributed by atoms with Gasteiger partial charge in [-0.1, -0.05) is 72.8 Å². The first kappa shape index (κ1) is 25.2. The van der Waals surface area contributed by atoms with Crippen molar-refractivity contribution in [3.63, 3.8) is 0 Å². The predicted octanol–water partition coefficient (Wildman–Crippen LogP) is 6.08. The van der Waals surface area contributed by atoms with Crippen LogP contribution in [-0.4, -0.2) is 26.9 Å². The lowest BCUT2D eigenvalue weighted by Gasteiger charge is -2.20. The number of para-hydroxylation sites is 1. The fourth-order valence-corrected chi connectivity index (χ4v) is 3.90. The molecular weight excluding hydrogens is 468 g/mol. The summed E-state index contributed by atoms with van der Waals surface area (Å²) in [5.41, 5.74) is 2.88. The molecule has 2 N–H and O–H groups in total. The lowest BCUT2D eigenvalue weighted by atomic mass is 9.84. The Morgan fingerprint density at radius 1 is 1.03 bits per heavy atom. The van der Waals surface area contributed by atoms with Gasteiger partial charge in [0.15, 0.2) is 5.82 Å². The minimum atomic E-state index is -1.03. The summed E-state index contributed by atoms with van der Waals surface area (Å²) in [6, 6.07) is 26.1. The van der Waals surface area contributed by atoms with Crippen molar-refractivity contribution in [1.82, 2.24) is 9.78 Å². The van der Waals surface area contributed by atoms with Crippen molar-refractivity contribution in [3.05, 3.63) is 102 Å². The average Bonchev–Trinajstić information content (AvgIpc) is 3.31. The summed E-state index contributed by atoms with van der Waals surface area (Å²) in [5, 5.41) is 26.2. The largest absolute Gasteiger partial charge is 0.481 e. The van der Waals surface area contributed by atoms with Gasteiger partial charge in [-0.2, -0.15) is 10.4 Å². The van der Waals surface area contributed by atoms with Crippen molar-refractivity contribution in [2.24, 2.45) is 0 Å². The number of benzene rings is 3. The molecule has 1 atom stereocenters. The Hall–Kier alpha value is -4.90. The number of amides is 1. The standard InChI is InChI=1S/C29H26N4O4/c1-19(20-9-5-4-6-10-20)37-28(36)32-26-22(17-30)18-31-33(26)25-12-8-7-11-24(25)21-13-15-23(16-14-21)29(2,3)27(34)35/h4-16,18-19H,1-3H3,(H,32,36)(H,34,35). The van der Waals surface area contributed by atoms with Gasteiger partial charge in [-0.3, -0.25) is 10.1 Å². The van der Waals surface area contributed by atoms with Gasteiger partial charge in [0.25, 0.3) is 0 Å². The molecule has 0 saturated heterocycles. The summed E-state index contributed by atoms with van der Waals surface area (Å²) in [6.45, 7) is 5.07. The molecule has 37 heavy (non-hydrogen) atoms. The molecule has 0 aliphatic carbocycles. The lowest BCUT2D eigenvalue weighted by molar-refractivity contribution is -0.142. The van der Waals surface area contributed by atoms with Crippen LogP contribution >= 0.6 is 0 Å². The summed E-state index contributed by atoms with van der Waals surface area (Å²) in [6.07, 6.45) is 0.169. The minimum absolute atomic E-state index is 0.178. The van der Waals surface area contributed by atoms with Crippen LogP contribution in [0.1, 0.15) is 43.6 Å². The van der Waals surface area contributed by atoms with Crippen LogP contribution in [0.5, 0.6) is 0 Å². The number of carbonyl (C=O) groups excluding carboxylic acids is 1. The van der Waals surface area contributed by atoms with Gasteiger partial charge in [0.2, 0.25) is 0 Å². The Morgan fingerprint density at radius 2 is 1.68 bits per heavy atom. The maximum Gasteiger partial charge on any atom is 0.413 e. The number of nitrogens with zero attached hydrogens (tertiary/aromatic N) is 3. The van der Waals surface area contributed by atoms with Gasteiger partial charge in [0, 0.05) is 5.56 Å². The molecule has 1 heterocycles. The molecule has 1 unspecified atom stereocenters. The fourth-order valence-electron chi connectivity index (χ4n) is 3.90. The number of nitriles is 1. The topological polar surface area (TPSA) is 117 Å². The van der Waals surface area contributed by atoms with Gasteiger partial charge in [-0.25, -0.2) is 9.48 Å². The first-order valence-electron chi connectivity index (χ1n) is 11.7.